The molecule has 0 bridgehead atoms. The third-order valence-electron chi connectivity index (χ3n) is 4.33. The zero-order valence-electron chi connectivity index (χ0n) is 14.0. The molecule has 1 atom stereocenters. The Hall–Kier alpha value is -3.48. The second-order valence-corrected chi connectivity index (χ2v) is 6.01. The van der Waals surface area contributed by atoms with Crippen molar-refractivity contribution < 1.29 is 19.1 Å². The van der Waals surface area contributed by atoms with E-state index < -0.39 is 23.8 Å². The number of rotatable bonds is 4. The number of nitrogens with zero attached hydrogens (tertiary/aromatic N) is 3. The second kappa shape index (κ2) is 6.11. The maximum atomic E-state index is 12.4. The van der Waals surface area contributed by atoms with E-state index in [1.54, 1.807) is 30.5 Å². The van der Waals surface area contributed by atoms with E-state index in [1.807, 2.05) is 28.8 Å². The number of ether oxygens (including phenoxy) is 1. The number of carbonyl (C=O) groups excluding carboxylic acids is 3. The van der Waals surface area contributed by atoms with E-state index in [1.165, 1.54) is 6.92 Å². The Balaban J connectivity index is 1.47. The number of carbonyl (C=O) groups is 3. The van der Waals surface area contributed by atoms with Gasteiger partial charge in [-0.2, -0.15) is 0 Å². The van der Waals surface area contributed by atoms with Crippen LogP contribution in [0.15, 0.2) is 54.9 Å². The zero-order valence-corrected chi connectivity index (χ0v) is 14.0. The number of pyridine rings is 1. The molecular weight excluding hydrogens is 334 g/mol. The van der Waals surface area contributed by atoms with Crippen molar-refractivity contribution in [3.8, 4) is 0 Å². The fraction of sp³-hybridized carbons (Fsp3) is 0.158. The van der Waals surface area contributed by atoms with E-state index in [0.717, 1.165) is 10.5 Å². The number of esters is 1. The lowest BCUT2D eigenvalue weighted by Gasteiger charge is -2.20. The van der Waals surface area contributed by atoms with Crippen LogP contribution in [-0.4, -0.2) is 38.1 Å². The van der Waals surface area contributed by atoms with Gasteiger partial charge in [-0.3, -0.25) is 14.5 Å². The molecule has 1 aliphatic heterocycles. The highest BCUT2D eigenvalue weighted by molar-refractivity contribution is 6.22. The molecule has 26 heavy (non-hydrogen) atoms. The largest absolute Gasteiger partial charge is 0.458 e. The van der Waals surface area contributed by atoms with Crippen LogP contribution >= 0.6 is 0 Å². The lowest BCUT2D eigenvalue weighted by atomic mass is 10.1. The van der Waals surface area contributed by atoms with Crippen LogP contribution in [0.3, 0.4) is 0 Å². The van der Waals surface area contributed by atoms with E-state index >= 15 is 0 Å². The van der Waals surface area contributed by atoms with E-state index in [2.05, 4.69) is 4.98 Å². The van der Waals surface area contributed by atoms with Crippen LogP contribution in [0.5, 0.6) is 0 Å². The summed E-state index contributed by atoms with van der Waals surface area (Å²) in [5, 5.41) is 0. The van der Waals surface area contributed by atoms with Crippen LogP contribution in [0.2, 0.25) is 0 Å². The summed E-state index contributed by atoms with van der Waals surface area (Å²) >= 11 is 0. The molecule has 0 radical (unpaired) electrons. The number of amides is 2. The molecule has 0 N–H and O–H groups in total. The van der Waals surface area contributed by atoms with Gasteiger partial charge in [-0.1, -0.05) is 18.2 Å². The predicted octanol–water partition coefficient (Wildman–Crippen LogP) is 2.06. The van der Waals surface area contributed by atoms with Gasteiger partial charge in [-0.15, -0.1) is 0 Å². The summed E-state index contributed by atoms with van der Waals surface area (Å²) in [6.45, 7) is 1.45. The van der Waals surface area contributed by atoms with Crippen molar-refractivity contribution in [2.45, 2.75) is 19.6 Å². The van der Waals surface area contributed by atoms with Crippen molar-refractivity contribution in [1.29, 1.82) is 0 Å². The summed E-state index contributed by atoms with van der Waals surface area (Å²) in [5.41, 5.74) is 1.93. The van der Waals surface area contributed by atoms with Gasteiger partial charge in [0.05, 0.1) is 16.8 Å². The van der Waals surface area contributed by atoms with Gasteiger partial charge in [0, 0.05) is 12.4 Å². The first-order chi connectivity index (χ1) is 12.6. The molecule has 130 valence electrons. The third kappa shape index (κ3) is 2.54. The van der Waals surface area contributed by atoms with Gasteiger partial charge in [0.2, 0.25) is 0 Å². The highest BCUT2D eigenvalue weighted by atomic mass is 16.5. The number of hydrogen-bond acceptors (Lipinski definition) is 5. The number of imide groups is 1. The zero-order chi connectivity index (χ0) is 18.3. The molecule has 0 fully saturated rings. The standard InChI is InChI=1S/C19H15N3O4/c1-12(22-17(23)14-6-2-3-7-15(14)18(22)24)19(25)26-11-13-10-21-9-5-4-8-16(21)20-13/h2-10,12H,11H2,1H3/t12-/m1/s1. The van der Waals surface area contributed by atoms with Gasteiger partial charge in [-0.05, 0) is 31.2 Å². The van der Waals surface area contributed by atoms with Crippen molar-refractivity contribution in [2.24, 2.45) is 0 Å². The Morgan fingerprint density at radius 3 is 2.38 bits per heavy atom. The summed E-state index contributed by atoms with van der Waals surface area (Å²) in [7, 11) is 0. The fourth-order valence-electron chi connectivity index (χ4n) is 2.99. The molecule has 2 aromatic heterocycles. The van der Waals surface area contributed by atoms with Crippen molar-refractivity contribution in [1.82, 2.24) is 14.3 Å². The molecule has 1 aromatic carbocycles. The second-order valence-electron chi connectivity index (χ2n) is 6.01. The molecule has 1 aliphatic rings. The molecule has 7 nitrogen and oxygen atoms in total. The average Bonchev–Trinajstić information content (AvgIpc) is 3.18. The highest BCUT2D eigenvalue weighted by Crippen LogP contribution is 2.24. The van der Waals surface area contributed by atoms with Crippen molar-refractivity contribution >= 4 is 23.4 Å². The van der Waals surface area contributed by atoms with Crippen LogP contribution < -0.4 is 0 Å². The highest BCUT2D eigenvalue weighted by Gasteiger charge is 2.41. The summed E-state index contributed by atoms with van der Waals surface area (Å²) < 4.78 is 7.08. The molecule has 2 amide bonds. The summed E-state index contributed by atoms with van der Waals surface area (Å²) in [6.07, 6.45) is 3.60. The first-order valence-electron chi connectivity index (χ1n) is 8.12. The van der Waals surface area contributed by atoms with Gasteiger partial charge in [0.1, 0.15) is 18.3 Å². The van der Waals surface area contributed by atoms with E-state index in [0.29, 0.717) is 16.8 Å². The van der Waals surface area contributed by atoms with Crippen LogP contribution in [-0.2, 0) is 16.1 Å². The molecule has 0 unspecified atom stereocenters. The molecule has 4 rings (SSSR count). The number of hydrogen-bond donors (Lipinski definition) is 0. The van der Waals surface area contributed by atoms with E-state index in [4.69, 9.17) is 4.74 Å². The minimum Gasteiger partial charge on any atom is -0.458 e. The number of benzene rings is 1. The normalized spacial score (nSPS) is 14.6. The smallest absolute Gasteiger partial charge is 0.329 e. The Morgan fingerprint density at radius 1 is 1.08 bits per heavy atom. The van der Waals surface area contributed by atoms with E-state index in [-0.39, 0.29) is 6.61 Å². The Labute approximate surface area is 148 Å². The first kappa shape index (κ1) is 16.0. The Morgan fingerprint density at radius 2 is 1.73 bits per heavy atom. The predicted molar refractivity (Wildman–Crippen MR) is 91.4 cm³/mol. The molecule has 7 heteroatoms. The summed E-state index contributed by atoms with van der Waals surface area (Å²) in [6, 6.07) is 11.1. The van der Waals surface area contributed by atoms with Gasteiger partial charge < -0.3 is 9.14 Å². The van der Waals surface area contributed by atoms with Gasteiger partial charge in [0.15, 0.2) is 0 Å². The lowest BCUT2D eigenvalue weighted by Crippen LogP contribution is -2.43. The monoisotopic (exact) mass is 349 g/mol. The van der Waals surface area contributed by atoms with Gasteiger partial charge in [0.25, 0.3) is 11.8 Å². The maximum absolute atomic E-state index is 12.4. The Kier molecular flexibility index (Phi) is 3.76. The van der Waals surface area contributed by atoms with Crippen LogP contribution in [0.25, 0.3) is 5.65 Å². The van der Waals surface area contributed by atoms with Crippen LogP contribution in [0, 0.1) is 0 Å². The van der Waals surface area contributed by atoms with Crippen molar-refractivity contribution in [3.05, 3.63) is 71.7 Å². The van der Waals surface area contributed by atoms with Crippen molar-refractivity contribution in [2.75, 3.05) is 0 Å². The minimum atomic E-state index is -1.01. The SMILES string of the molecule is C[C@H](C(=O)OCc1cn2ccccc2n1)N1C(=O)c2ccccc2C1=O. The van der Waals surface area contributed by atoms with Gasteiger partial charge in [-0.25, -0.2) is 9.78 Å². The number of aromatic nitrogens is 2. The van der Waals surface area contributed by atoms with Crippen LogP contribution in [0.4, 0.5) is 0 Å². The fourth-order valence-corrected chi connectivity index (χ4v) is 2.99. The van der Waals surface area contributed by atoms with Crippen molar-refractivity contribution in [3.63, 3.8) is 0 Å². The summed E-state index contributed by atoms with van der Waals surface area (Å²) in [4.78, 5) is 42.5. The molecule has 0 saturated heterocycles. The summed E-state index contributed by atoms with van der Waals surface area (Å²) in [5.74, 6) is -1.62. The molecule has 0 aliphatic carbocycles. The van der Waals surface area contributed by atoms with Gasteiger partial charge >= 0.3 is 5.97 Å². The quantitative estimate of drug-likeness (QED) is 0.532. The average molecular weight is 349 g/mol. The third-order valence-corrected chi connectivity index (χ3v) is 4.33. The minimum absolute atomic E-state index is 0.0337. The lowest BCUT2D eigenvalue weighted by molar-refractivity contribution is -0.149. The molecule has 0 spiro atoms. The molecule has 0 saturated carbocycles. The maximum Gasteiger partial charge on any atom is 0.329 e. The number of imidazole rings is 1. The van der Waals surface area contributed by atoms with Crippen LogP contribution in [0.1, 0.15) is 33.3 Å². The molecule has 3 heterocycles. The Bertz CT molecular complexity index is 972. The first-order valence-corrected chi connectivity index (χ1v) is 8.12. The molecular formula is C19H15N3O4. The number of fused-ring (bicyclic) bond motifs is 2. The molecule has 3 aromatic rings. The topological polar surface area (TPSA) is 81.0 Å². The van der Waals surface area contributed by atoms with E-state index in [9.17, 15) is 14.4 Å².